The molecule has 0 aliphatic heterocycles. The predicted molar refractivity (Wildman–Crippen MR) is 77.0 cm³/mol. The number of rotatable bonds is 13. The van der Waals surface area contributed by atoms with Crippen LogP contribution >= 0.6 is 0 Å². The first-order valence-corrected chi connectivity index (χ1v) is 7.64. The highest BCUT2D eigenvalue weighted by Gasteiger charge is 2.07. The standard InChI is InChI=1S/C15H31NO2/c1-3-5-6-7-8-9-10-11-13-16(12-4-2)14-15(17)18/h3-14H2,1-2H3,(H,17,18). The number of unbranched alkanes of at least 4 members (excludes halogenated alkanes) is 7. The number of nitrogens with zero attached hydrogens (tertiary/aromatic N) is 1. The summed E-state index contributed by atoms with van der Waals surface area (Å²) in [7, 11) is 0. The first-order chi connectivity index (χ1) is 8.70. The summed E-state index contributed by atoms with van der Waals surface area (Å²) >= 11 is 0. The molecular formula is C15H31NO2. The molecule has 0 bridgehead atoms. The van der Waals surface area contributed by atoms with Crippen molar-refractivity contribution in [3.63, 3.8) is 0 Å². The van der Waals surface area contributed by atoms with Crippen LogP contribution in [-0.4, -0.2) is 35.6 Å². The van der Waals surface area contributed by atoms with Gasteiger partial charge in [-0.15, -0.1) is 0 Å². The molecule has 108 valence electrons. The molecule has 0 rings (SSSR count). The summed E-state index contributed by atoms with van der Waals surface area (Å²) in [5, 5.41) is 8.79. The summed E-state index contributed by atoms with van der Waals surface area (Å²) < 4.78 is 0. The Bertz CT molecular complexity index is 195. The number of carboxylic acid groups (broad SMARTS) is 1. The summed E-state index contributed by atoms with van der Waals surface area (Å²) in [4.78, 5) is 12.7. The fourth-order valence-corrected chi connectivity index (χ4v) is 2.25. The smallest absolute Gasteiger partial charge is 0.317 e. The zero-order chi connectivity index (χ0) is 13.6. The van der Waals surface area contributed by atoms with E-state index in [9.17, 15) is 4.79 Å². The lowest BCUT2D eigenvalue weighted by atomic mass is 10.1. The van der Waals surface area contributed by atoms with E-state index in [1.807, 2.05) is 0 Å². The SMILES string of the molecule is CCCCCCCCCCN(CCC)CC(=O)O. The summed E-state index contributed by atoms with van der Waals surface area (Å²) in [6.07, 6.45) is 11.5. The van der Waals surface area contributed by atoms with E-state index in [-0.39, 0.29) is 6.54 Å². The molecule has 0 atom stereocenters. The van der Waals surface area contributed by atoms with Gasteiger partial charge in [0.1, 0.15) is 0 Å². The molecule has 0 saturated carbocycles. The van der Waals surface area contributed by atoms with E-state index in [1.165, 1.54) is 44.9 Å². The van der Waals surface area contributed by atoms with Gasteiger partial charge in [0.2, 0.25) is 0 Å². The molecule has 0 saturated heterocycles. The lowest BCUT2D eigenvalue weighted by Gasteiger charge is -2.19. The summed E-state index contributed by atoms with van der Waals surface area (Å²) in [5.41, 5.74) is 0. The highest BCUT2D eigenvalue weighted by Crippen LogP contribution is 2.09. The van der Waals surface area contributed by atoms with Gasteiger partial charge in [-0.05, 0) is 25.9 Å². The van der Waals surface area contributed by atoms with Crippen molar-refractivity contribution >= 4 is 5.97 Å². The normalized spacial score (nSPS) is 11.1. The highest BCUT2D eigenvalue weighted by molar-refractivity contribution is 5.69. The number of hydrogen-bond acceptors (Lipinski definition) is 2. The van der Waals surface area contributed by atoms with Gasteiger partial charge < -0.3 is 5.11 Å². The minimum Gasteiger partial charge on any atom is -0.480 e. The van der Waals surface area contributed by atoms with E-state index in [0.717, 1.165) is 25.9 Å². The average molecular weight is 257 g/mol. The molecule has 0 spiro atoms. The maximum atomic E-state index is 10.7. The van der Waals surface area contributed by atoms with Crippen molar-refractivity contribution in [3.05, 3.63) is 0 Å². The Morgan fingerprint density at radius 1 is 0.833 bits per heavy atom. The average Bonchev–Trinajstić information content (AvgIpc) is 2.32. The second-order valence-electron chi connectivity index (χ2n) is 5.14. The van der Waals surface area contributed by atoms with Gasteiger partial charge in [-0.3, -0.25) is 9.69 Å². The molecule has 0 aliphatic carbocycles. The molecule has 0 aliphatic rings. The van der Waals surface area contributed by atoms with Crippen LogP contribution in [0.2, 0.25) is 0 Å². The molecule has 0 aromatic carbocycles. The van der Waals surface area contributed by atoms with Gasteiger partial charge in [0.25, 0.3) is 0 Å². The molecule has 0 radical (unpaired) electrons. The van der Waals surface area contributed by atoms with Crippen molar-refractivity contribution in [2.75, 3.05) is 19.6 Å². The van der Waals surface area contributed by atoms with Crippen LogP contribution in [0.5, 0.6) is 0 Å². The zero-order valence-electron chi connectivity index (χ0n) is 12.3. The maximum Gasteiger partial charge on any atom is 0.317 e. The Balaban J connectivity index is 3.40. The number of aliphatic carboxylic acids is 1. The lowest BCUT2D eigenvalue weighted by Crippen LogP contribution is -2.31. The van der Waals surface area contributed by atoms with Crippen LogP contribution in [0.3, 0.4) is 0 Å². The molecule has 0 heterocycles. The minimum atomic E-state index is -0.706. The minimum absolute atomic E-state index is 0.199. The molecule has 18 heavy (non-hydrogen) atoms. The van der Waals surface area contributed by atoms with Gasteiger partial charge in [-0.25, -0.2) is 0 Å². The monoisotopic (exact) mass is 257 g/mol. The van der Waals surface area contributed by atoms with Crippen LogP contribution < -0.4 is 0 Å². The third kappa shape index (κ3) is 11.9. The van der Waals surface area contributed by atoms with E-state index in [0.29, 0.717) is 0 Å². The number of carbonyl (C=O) groups is 1. The Hall–Kier alpha value is -0.570. The van der Waals surface area contributed by atoms with Crippen molar-refractivity contribution in [2.45, 2.75) is 71.6 Å². The van der Waals surface area contributed by atoms with E-state index >= 15 is 0 Å². The third-order valence-corrected chi connectivity index (χ3v) is 3.23. The van der Waals surface area contributed by atoms with Gasteiger partial charge in [-0.2, -0.15) is 0 Å². The maximum absolute atomic E-state index is 10.7. The summed E-state index contributed by atoms with van der Waals surface area (Å²) in [5.74, 6) is -0.706. The van der Waals surface area contributed by atoms with E-state index in [4.69, 9.17) is 5.11 Å². The van der Waals surface area contributed by atoms with E-state index < -0.39 is 5.97 Å². The molecule has 0 unspecified atom stereocenters. The van der Waals surface area contributed by atoms with Crippen LogP contribution in [0.4, 0.5) is 0 Å². The molecule has 1 N–H and O–H groups in total. The summed E-state index contributed by atoms with van der Waals surface area (Å²) in [6, 6.07) is 0. The fourth-order valence-electron chi connectivity index (χ4n) is 2.25. The molecule has 0 fully saturated rings. The molecule has 0 aromatic heterocycles. The molecule has 3 nitrogen and oxygen atoms in total. The Morgan fingerprint density at radius 3 is 1.89 bits per heavy atom. The molecule has 0 amide bonds. The van der Waals surface area contributed by atoms with Crippen LogP contribution in [0.1, 0.15) is 71.6 Å². The largest absolute Gasteiger partial charge is 0.480 e. The van der Waals surface area contributed by atoms with Gasteiger partial charge in [-0.1, -0.05) is 58.8 Å². The Morgan fingerprint density at radius 2 is 1.39 bits per heavy atom. The first-order valence-electron chi connectivity index (χ1n) is 7.64. The first kappa shape index (κ1) is 17.4. The van der Waals surface area contributed by atoms with Crippen molar-refractivity contribution in [3.8, 4) is 0 Å². The quantitative estimate of drug-likeness (QED) is 0.508. The Kier molecular flexibility index (Phi) is 12.5. The molecular weight excluding hydrogens is 226 g/mol. The van der Waals surface area contributed by atoms with E-state index in [2.05, 4.69) is 18.7 Å². The number of hydrogen-bond donors (Lipinski definition) is 1. The fraction of sp³-hybridized carbons (Fsp3) is 0.933. The lowest BCUT2D eigenvalue weighted by molar-refractivity contribution is -0.138. The predicted octanol–water partition coefficient (Wildman–Crippen LogP) is 3.92. The van der Waals surface area contributed by atoms with Crippen LogP contribution in [-0.2, 0) is 4.79 Å². The summed E-state index contributed by atoms with van der Waals surface area (Å²) in [6.45, 7) is 6.38. The van der Waals surface area contributed by atoms with Crippen molar-refractivity contribution in [1.82, 2.24) is 4.90 Å². The second-order valence-corrected chi connectivity index (χ2v) is 5.14. The van der Waals surface area contributed by atoms with Gasteiger partial charge in [0, 0.05) is 0 Å². The Labute approximate surface area is 113 Å². The third-order valence-electron chi connectivity index (χ3n) is 3.23. The number of carboxylic acids is 1. The van der Waals surface area contributed by atoms with Crippen LogP contribution in [0.25, 0.3) is 0 Å². The second kappa shape index (κ2) is 12.9. The zero-order valence-corrected chi connectivity index (χ0v) is 12.3. The van der Waals surface area contributed by atoms with Crippen LogP contribution in [0, 0.1) is 0 Å². The molecule has 0 aromatic rings. The molecule has 3 heteroatoms. The van der Waals surface area contributed by atoms with E-state index in [1.54, 1.807) is 0 Å². The van der Waals surface area contributed by atoms with Gasteiger partial charge in [0.15, 0.2) is 0 Å². The topological polar surface area (TPSA) is 40.5 Å². The van der Waals surface area contributed by atoms with Gasteiger partial charge >= 0.3 is 5.97 Å². The van der Waals surface area contributed by atoms with Crippen LogP contribution in [0.15, 0.2) is 0 Å². The van der Waals surface area contributed by atoms with Crippen molar-refractivity contribution in [1.29, 1.82) is 0 Å². The highest BCUT2D eigenvalue weighted by atomic mass is 16.4. The van der Waals surface area contributed by atoms with Gasteiger partial charge in [0.05, 0.1) is 6.54 Å². The van der Waals surface area contributed by atoms with Crippen molar-refractivity contribution in [2.24, 2.45) is 0 Å². The van der Waals surface area contributed by atoms with Crippen molar-refractivity contribution < 1.29 is 9.90 Å².